The van der Waals surface area contributed by atoms with Crippen LogP contribution in [0.5, 0.6) is 0 Å². The van der Waals surface area contributed by atoms with Crippen LogP contribution in [-0.2, 0) is 30.4 Å². The minimum atomic E-state index is -4.94. The highest BCUT2D eigenvalue weighted by atomic mass is 19.4. The van der Waals surface area contributed by atoms with Crippen molar-refractivity contribution in [2.75, 3.05) is 13.1 Å². The van der Waals surface area contributed by atoms with Crippen LogP contribution in [-0.4, -0.2) is 23.7 Å². The molecule has 0 radical (unpaired) electrons. The molecule has 1 aliphatic carbocycles. The zero-order valence-corrected chi connectivity index (χ0v) is 18.6. The molecule has 0 aromatic heterocycles. The average molecular weight is 486 g/mol. The van der Waals surface area contributed by atoms with Crippen LogP contribution in [0.2, 0.25) is 0 Å². The van der Waals surface area contributed by atoms with E-state index in [9.17, 15) is 13.2 Å². The highest BCUT2D eigenvalue weighted by Crippen LogP contribution is 2.41. The van der Waals surface area contributed by atoms with Crippen LogP contribution in [0.15, 0.2) is 41.6 Å². The quantitative estimate of drug-likeness (QED) is 0.286. The van der Waals surface area contributed by atoms with Crippen LogP contribution in [0, 0.1) is 0 Å². The Labute approximate surface area is 219 Å². The summed E-state index contributed by atoms with van der Waals surface area (Å²) in [4.78, 5) is 6.31. The van der Waals surface area contributed by atoms with E-state index < -0.39 is 73.2 Å². The molecule has 0 unspecified atom stereocenters. The Morgan fingerprint density at radius 1 is 1.12 bits per heavy atom. The highest BCUT2D eigenvalue weighted by Gasteiger charge is 2.35. The molecule has 2 fully saturated rings. The monoisotopic (exact) mass is 485 g/mol. The zero-order valence-electron chi connectivity index (χ0n) is 31.6. The summed E-state index contributed by atoms with van der Waals surface area (Å²) in [7, 11) is 0. The Morgan fingerprint density at radius 2 is 1.94 bits per heavy atom. The summed E-state index contributed by atoms with van der Waals surface area (Å²) >= 11 is 0. The lowest BCUT2D eigenvalue weighted by molar-refractivity contribution is -0.138. The lowest BCUT2D eigenvalue weighted by Gasteiger charge is -2.31. The van der Waals surface area contributed by atoms with Crippen molar-refractivity contribution in [3.63, 3.8) is 0 Å². The third-order valence-electron chi connectivity index (χ3n) is 6.03. The second-order valence-electron chi connectivity index (χ2n) is 8.39. The van der Waals surface area contributed by atoms with Gasteiger partial charge in [-0.1, -0.05) is 55.5 Å². The van der Waals surface area contributed by atoms with Crippen LogP contribution in [0.3, 0.4) is 0 Å². The molecule has 6 heteroatoms. The van der Waals surface area contributed by atoms with Gasteiger partial charge in [-0.25, -0.2) is 0 Å². The number of nitrogens with zero attached hydrogens (tertiary/aromatic N) is 2. The summed E-state index contributed by atoms with van der Waals surface area (Å²) in [6.45, 7) is -11.3. The van der Waals surface area contributed by atoms with E-state index in [1.54, 1.807) is 0 Å². The minimum absolute atomic E-state index is 0.200. The standard InChI is InChI=1S/C28H35F3N2O/c1-3-22-17-24(11-12-25(22)18-33-14-7-15-33)20(2)32-34-19-21-10-13-26(23-8-5-4-6-9-23)27(16-21)28(29,30)31/h10-13,16-17,23H,3-9,14-15,18-19H2,1-2H3/b32-20+/i1D3,2D3,3D2,18D2,19D2,23D. The van der Waals surface area contributed by atoms with Gasteiger partial charge in [0.15, 0.2) is 0 Å². The largest absolute Gasteiger partial charge is 0.416 e. The number of hydrogen-bond acceptors (Lipinski definition) is 3. The van der Waals surface area contributed by atoms with Gasteiger partial charge in [0.05, 0.1) is 14.0 Å². The first-order chi connectivity index (χ1) is 21.3. The lowest BCUT2D eigenvalue weighted by atomic mass is 9.81. The van der Waals surface area contributed by atoms with E-state index >= 15 is 0 Å². The first-order valence-corrected chi connectivity index (χ1v) is 11.2. The minimum Gasteiger partial charge on any atom is -0.391 e. The Hall–Kier alpha value is -2.34. The van der Waals surface area contributed by atoms with Crippen LogP contribution in [0.25, 0.3) is 0 Å². The maximum Gasteiger partial charge on any atom is 0.416 e. The van der Waals surface area contributed by atoms with E-state index in [1.165, 1.54) is 4.90 Å². The van der Waals surface area contributed by atoms with Gasteiger partial charge in [0.2, 0.25) is 0 Å². The summed E-state index contributed by atoms with van der Waals surface area (Å²) in [6.07, 6.45) is -5.13. The molecule has 34 heavy (non-hydrogen) atoms. The number of alkyl halides is 3. The molecule has 184 valence electrons. The maximum atomic E-state index is 14.2. The molecule has 0 spiro atoms. The Morgan fingerprint density at radius 3 is 2.62 bits per heavy atom. The summed E-state index contributed by atoms with van der Waals surface area (Å²) < 4.78 is 149. The molecule has 2 aliphatic rings. The zero-order chi connectivity index (χ0) is 35.4. The lowest BCUT2D eigenvalue weighted by Crippen LogP contribution is -2.36. The fourth-order valence-electron chi connectivity index (χ4n) is 4.06. The van der Waals surface area contributed by atoms with Gasteiger partial charge in [-0.3, -0.25) is 4.90 Å². The van der Waals surface area contributed by atoms with Gasteiger partial charge in [-0.2, -0.15) is 13.2 Å². The van der Waals surface area contributed by atoms with E-state index in [0.717, 1.165) is 36.8 Å². The average Bonchev–Trinajstić information content (AvgIpc) is 2.90. The van der Waals surface area contributed by atoms with Gasteiger partial charge in [-0.05, 0) is 91.4 Å². The van der Waals surface area contributed by atoms with Gasteiger partial charge in [0, 0.05) is 21.6 Å². The molecule has 1 heterocycles. The normalized spacial score (nSPS) is 26.7. The number of likely N-dealkylation sites (tertiary alicyclic amines) is 1. The smallest absolute Gasteiger partial charge is 0.391 e. The molecular formula is C28H35F3N2O. The topological polar surface area (TPSA) is 24.8 Å². The molecule has 1 saturated heterocycles. The van der Waals surface area contributed by atoms with Crippen molar-refractivity contribution >= 4 is 5.71 Å². The molecule has 3 nitrogen and oxygen atoms in total. The van der Waals surface area contributed by atoms with Crippen molar-refractivity contribution in [2.24, 2.45) is 5.16 Å². The molecule has 2 aromatic rings. The predicted molar refractivity (Wildman–Crippen MR) is 130 cm³/mol. The molecule has 4 rings (SSSR count). The summed E-state index contributed by atoms with van der Waals surface area (Å²) in [5.74, 6) is -1.52. The van der Waals surface area contributed by atoms with Crippen molar-refractivity contribution in [1.82, 2.24) is 4.90 Å². The van der Waals surface area contributed by atoms with E-state index in [2.05, 4.69) is 5.16 Å². The Bertz CT molecular complexity index is 1490. The molecule has 1 saturated carbocycles. The molecular weight excluding hydrogens is 437 g/mol. The van der Waals surface area contributed by atoms with Crippen LogP contribution in [0.4, 0.5) is 13.2 Å². The van der Waals surface area contributed by atoms with E-state index in [4.69, 9.17) is 22.7 Å². The molecule has 1 aliphatic heterocycles. The second-order valence-corrected chi connectivity index (χ2v) is 8.39. The van der Waals surface area contributed by atoms with Gasteiger partial charge in [-0.15, -0.1) is 0 Å². The number of rotatable bonds is 8. The summed E-state index contributed by atoms with van der Waals surface area (Å²) in [5.41, 5.74) is -4.61. The van der Waals surface area contributed by atoms with E-state index in [-0.39, 0.29) is 24.0 Å². The summed E-state index contributed by atoms with van der Waals surface area (Å²) in [6, 6.07) is 5.48. The fraction of sp³-hybridized carbons (Fsp3) is 0.536. The number of halogens is 3. The van der Waals surface area contributed by atoms with Gasteiger partial charge in [0.25, 0.3) is 0 Å². The SMILES string of the molecule is [2H]C([2H])([2H])/C(=N\OC([2H])([2H])c1ccc(C2([2H])CCCCC2)c(C(F)(F)F)c1)c1ccc(C([2H])([2H])N2CCC2)c(C([2H])([2H])C([2H])([2H])[2H])c1. The van der Waals surface area contributed by atoms with Crippen molar-refractivity contribution in [3.05, 3.63) is 69.8 Å². The third-order valence-corrected chi connectivity index (χ3v) is 6.03. The first-order valence-electron chi connectivity index (χ1n) is 17.7. The maximum absolute atomic E-state index is 14.2. The molecule has 2 aromatic carbocycles. The Balaban J connectivity index is 1.79. The summed E-state index contributed by atoms with van der Waals surface area (Å²) in [5, 5.41) is 3.46. The molecule has 0 N–H and O–H groups in total. The van der Waals surface area contributed by atoms with Crippen LogP contribution >= 0.6 is 0 Å². The predicted octanol–water partition coefficient (Wildman–Crippen LogP) is 7.46. The van der Waals surface area contributed by atoms with Crippen molar-refractivity contribution in [1.29, 1.82) is 0 Å². The molecule has 0 bridgehead atoms. The van der Waals surface area contributed by atoms with Crippen molar-refractivity contribution in [3.8, 4) is 0 Å². The van der Waals surface area contributed by atoms with Crippen LogP contribution < -0.4 is 0 Å². The van der Waals surface area contributed by atoms with Crippen molar-refractivity contribution < 1.29 is 35.8 Å². The van der Waals surface area contributed by atoms with Gasteiger partial charge < -0.3 is 4.84 Å². The van der Waals surface area contributed by atoms with E-state index in [1.807, 2.05) is 0 Å². The highest BCUT2D eigenvalue weighted by molar-refractivity contribution is 5.98. The third kappa shape index (κ3) is 6.01. The fourth-order valence-corrected chi connectivity index (χ4v) is 4.06. The number of aryl methyl sites for hydroxylation is 1. The molecule has 0 atom stereocenters. The first kappa shape index (κ1) is 13.1. The number of oxime groups is 1. The van der Waals surface area contributed by atoms with Gasteiger partial charge >= 0.3 is 6.18 Å². The Kier molecular flexibility index (Phi) is 4.21. The van der Waals surface area contributed by atoms with Gasteiger partial charge in [0.1, 0.15) is 6.56 Å². The number of benzene rings is 2. The van der Waals surface area contributed by atoms with Crippen LogP contribution in [0.1, 0.15) is 109 Å². The van der Waals surface area contributed by atoms with Crippen molar-refractivity contribution in [2.45, 2.75) is 83.7 Å². The molecule has 0 amide bonds. The van der Waals surface area contributed by atoms with E-state index in [0.29, 0.717) is 38.4 Å². The number of hydrogen-bond donors (Lipinski definition) is 0. The second kappa shape index (κ2) is 10.9.